The van der Waals surface area contributed by atoms with Crippen LogP contribution >= 0.6 is 0 Å². The van der Waals surface area contributed by atoms with E-state index in [2.05, 4.69) is 17.2 Å². The minimum Gasteiger partial charge on any atom is -0.395 e. The van der Waals surface area contributed by atoms with Crippen molar-refractivity contribution in [3.63, 3.8) is 0 Å². The van der Waals surface area contributed by atoms with E-state index in [4.69, 9.17) is 9.84 Å². The molecule has 1 aromatic rings. The van der Waals surface area contributed by atoms with Crippen molar-refractivity contribution in [2.75, 3.05) is 18.5 Å². The van der Waals surface area contributed by atoms with Crippen molar-refractivity contribution >= 4 is 11.6 Å². The molecule has 2 N–H and O–H groups in total. The quantitative estimate of drug-likeness (QED) is 0.838. The molecule has 1 aromatic carbocycles. The smallest absolute Gasteiger partial charge is 0.250 e. The van der Waals surface area contributed by atoms with Crippen molar-refractivity contribution in [2.24, 2.45) is 0 Å². The van der Waals surface area contributed by atoms with Crippen LogP contribution in [0.3, 0.4) is 0 Å². The third-order valence-electron chi connectivity index (χ3n) is 2.35. The van der Waals surface area contributed by atoms with Gasteiger partial charge in [-0.05, 0) is 39.0 Å². The van der Waals surface area contributed by atoms with Crippen molar-refractivity contribution in [3.8, 4) is 11.8 Å². The van der Waals surface area contributed by atoms with Gasteiger partial charge in [-0.15, -0.1) is 0 Å². The highest BCUT2D eigenvalue weighted by Gasteiger charge is 2.14. The van der Waals surface area contributed by atoms with E-state index in [1.54, 1.807) is 6.07 Å². The summed E-state index contributed by atoms with van der Waals surface area (Å²) in [5.74, 6) is 4.45. The monoisotopic (exact) mass is 293 g/mol. The molecular weight excluding hydrogens is 273 g/mol. The Labute approximate surface area is 124 Å². The second kappa shape index (κ2) is 7.77. The summed E-state index contributed by atoms with van der Waals surface area (Å²) in [4.78, 5) is 11.6. The summed E-state index contributed by atoms with van der Waals surface area (Å²) in [6, 6.07) is 4.30. The van der Waals surface area contributed by atoms with Crippen molar-refractivity contribution in [3.05, 3.63) is 29.6 Å². The topological polar surface area (TPSA) is 58.6 Å². The van der Waals surface area contributed by atoms with Gasteiger partial charge in [0.2, 0.25) is 5.91 Å². The molecule has 4 nitrogen and oxygen atoms in total. The molecule has 0 fully saturated rings. The van der Waals surface area contributed by atoms with Crippen LogP contribution in [0.4, 0.5) is 10.1 Å². The standard InChI is InChI=1S/C16H20FNO3/c1-16(2,3)21-11-15(20)18-14-8-7-12(10-13(14)17)6-4-5-9-19/h7-8,10,19H,5,9,11H2,1-3H3,(H,18,20). The summed E-state index contributed by atoms with van der Waals surface area (Å²) in [5.41, 5.74) is 0.150. The number of halogens is 1. The molecule has 1 amide bonds. The average molecular weight is 293 g/mol. The highest BCUT2D eigenvalue weighted by Crippen LogP contribution is 2.15. The number of benzene rings is 1. The maximum absolute atomic E-state index is 13.8. The second-order valence-electron chi connectivity index (χ2n) is 5.42. The summed E-state index contributed by atoms with van der Waals surface area (Å²) in [6.07, 6.45) is 0.338. The van der Waals surface area contributed by atoms with E-state index in [0.717, 1.165) is 0 Å². The lowest BCUT2D eigenvalue weighted by Crippen LogP contribution is -2.27. The number of ether oxygens (including phenoxy) is 1. The van der Waals surface area contributed by atoms with Crippen LogP contribution in [-0.4, -0.2) is 29.8 Å². The molecule has 0 radical (unpaired) electrons. The van der Waals surface area contributed by atoms with Crippen LogP contribution in [0.5, 0.6) is 0 Å². The number of hydrogen-bond donors (Lipinski definition) is 2. The molecule has 1 rings (SSSR count). The SMILES string of the molecule is CC(C)(C)OCC(=O)Nc1ccc(C#CCCO)cc1F. The number of hydrogen-bond acceptors (Lipinski definition) is 3. The van der Waals surface area contributed by atoms with Gasteiger partial charge in [0.25, 0.3) is 0 Å². The Morgan fingerprint density at radius 1 is 1.43 bits per heavy atom. The van der Waals surface area contributed by atoms with E-state index < -0.39 is 17.3 Å². The predicted octanol–water partition coefficient (Wildman–Crippen LogP) is 2.31. The fourth-order valence-corrected chi connectivity index (χ4v) is 1.38. The number of aliphatic hydroxyl groups is 1. The molecule has 114 valence electrons. The van der Waals surface area contributed by atoms with E-state index >= 15 is 0 Å². The van der Waals surface area contributed by atoms with Crippen molar-refractivity contribution < 1.29 is 19.0 Å². The average Bonchev–Trinajstić information content (AvgIpc) is 2.39. The van der Waals surface area contributed by atoms with Crippen molar-refractivity contribution in [1.29, 1.82) is 0 Å². The summed E-state index contributed by atoms with van der Waals surface area (Å²) in [6.45, 7) is 5.33. The number of aliphatic hydroxyl groups excluding tert-OH is 1. The summed E-state index contributed by atoms with van der Waals surface area (Å²) in [7, 11) is 0. The van der Waals surface area contributed by atoms with Gasteiger partial charge < -0.3 is 15.2 Å². The third kappa shape index (κ3) is 6.89. The lowest BCUT2D eigenvalue weighted by atomic mass is 10.2. The van der Waals surface area contributed by atoms with Gasteiger partial charge in [0.1, 0.15) is 12.4 Å². The molecule has 0 heterocycles. The Morgan fingerprint density at radius 3 is 2.71 bits per heavy atom. The van der Waals surface area contributed by atoms with Gasteiger partial charge in [0, 0.05) is 12.0 Å². The number of carbonyl (C=O) groups is 1. The zero-order valence-electron chi connectivity index (χ0n) is 12.5. The van der Waals surface area contributed by atoms with Crippen molar-refractivity contribution in [1.82, 2.24) is 0 Å². The molecule has 0 saturated heterocycles. The van der Waals surface area contributed by atoms with Crippen LogP contribution in [0, 0.1) is 17.7 Å². The molecule has 0 aromatic heterocycles. The van der Waals surface area contributed by atoms with Gasteiger partial charge in [-0.3, -0.25) is 4.79 Å². The minimum atomic E-state index is -0.560. The van der Waals surface area contributed by atoms with Crippen LogP contribution in [0.25, 0.3) is 0 Å². The zero-order valence-corrected chi connectivity index (χ0v) is 12.5. The van der Waals surface area contributed by atoms with Gasteiger partial charge in [0.05, 0.1) is 17.9 Å². The van der Waals surface area contributed by atoms with Crippen LogP contribution < -0.4 is 5.32 Å². The Kier molecular flexibility index (Phi) is 6.35. The van der Waals surface area contributed by atoms with Crippen LogP contribution in [0.1, 0.15) is 32.8 Å². The molecule has 0 saturated carbocycles. The van der Waals surface area contributed by atoms with Gasteiger partial charge >= 0.3 is 0 Å². The first-order chi connectivity index (χ1) is 9.81. The molecule has 0 bridgehead atoms. The second-order valence-corrected chi connectivity index (χ2v) is 5.42. The molecule has 5 heteroatoms. The number of rotatable bonds is 4. The number of amides is 1. The highest BCUT2D eigenvalue weighted by atomic mass is 19.1. The Balaban J connectivity index is 2.65. The van der Waals surface area contributed by atoms with Crippen LogP contribution in [-0.2, 0) is 9.53 Å². The van der Waals surface area contributed by atoms with Gasteiger partial charge in [-0.25, -0.2) is 4.39 Å². The van der Waals surface area contributed by atoms with E-state index in [1.807, 2.05) is 20.8 Å². The van der Waals surface area contributed by atoms with Gasteiger partial charge in [0.15, 0.2) is 0 Å². The van der Waals surface area contributed by atoms with E-state index in [1.165, 1.54) is 12.1 Å². The molecule has 0 aliphatic heterocycles. The molecule has 0 unspecified atom stereocenters. The lowest BCUT2D eigenvalue weighted by molar-refractivity contribution is -0.125. The minimum absolute atomic E-state index is 0.0304. The van der Waals surface area contributed by atoms with E-state index in [-0.39, 0.29) is 18.9 Å². The molecular formula is C16H20FNO3. The number of nitrogens with one attached hydrogen (secondary N) is 1. The highest BCUT2D eigenvalue weighted by molar-refractivity contribution is 5.91. The summed E-state index contributed by atoms with van der Waals surface area (Å²) in [5, 5.41) is 11.1. The first kappa shape index (κ1) is 17.2. The maximum atomic E-state index is 13.8. The summed E-state index contributed by atoms with van der Waals surface area (Å²) < 4.78 is 19.1. The van der Waals surface area contributed by atoms with Crippen LogP contribution in [0.15, 0.2) is 18.2 Å². The Morgan fingerprint density at radius 2 is 2.14 bits per heavy atom. The number of anilines is 1. The Bertz CT molecular complexity index is 553. The van der Waals surface area contributed by atoms with Crippen molar-refractivity contribution in [2.45, 2.75) is 32.8 Å². The van der Waals surface area contributed by atoms with E-state index in [9.17, 15) is 9.18 Å². The summed E-state index contributed by atoms with van der Waals surface area (Å²) >= 11 is 0. The third-order valence-corrected chi connectivity index (χ3v) is 2.35. The number of carbonyl (C=O) groups excluding carboxylic acids is 1. The fraction of sp³-hybridized carbons (Fsp3) is 0.438. The van der Waals surface area contributed by atoms with E-state index in [0.29, 0.717) is 12.0 Å². The molecule has 0 aliphatic carbocycles. The van der Waals surface area contributed by atoms with Gasteiger partial charge in [-0.2, -0.15) is 0 Å². The van der Waals surface area contributed by atoms with Crippen LogP contribution in [0.2, 0.25) is 0 Å². The lowest BCUT2D eigenvalue weighted by Gasteiger charge is -2.19. The first-order valence-corrected chi connectivity index (χ1v) is 6.65. The largest absolute Gasteiger partial charge is 0.395 e. The molecule has 0 atom stereocenters. The molecule has 0 spiro atoms. The fourth-order valence-electron chi connectivity index (χ4n) is 1.38. The Hall–Kier alpha value is -1.90. The predicted molar refractivity (Wildman–Crippen MR) is 79.3 cm³/mol. The normalized spacial score (nSPS) is 10.7. The molecule has 0 aliphatic rings. The van der Waals surface area contributed by atoms with Gasteiger partial charge in [-0.1, -0.05) is 11.8 Å². The molecule has 21 heavy (non-hydrogen) atoms. The first-order valence-electron chi connectivity index (χ1n) is 6.65. The zero-order chi connectivity index (χ0) is 15.9. The maximum Gasteiger partial charge on any atom is 0.250 e.